The van der Waals surface area contributed by atoms with E-state index < -0.39 is 0 Å². The molecular weight excluding hydrogens is 176 g/mol. The molecule has 0 aromatic carbocycles. The van der Waals surface area contributed by atoms with Crippen LogP contribution in [0.15, 0.2) is 5.16 Å². The van der Waals surface area contributed by atoms with Gasteiger partial charge in [0, 0.05) is 12.5 Å². The maximum atomic E-state index is 8.75. The van der Waals surface area contributed by atoms with Gasteiger partial charge in [0.15, 0.2) is 0 Å². The van der Waals surface area contributed by atoms with Gasteiger partial charge in [0.05, 0.1) is 5.71 Å². The van der Waals surface area contributed by atoms with Crippen molar-refractivity contribution in [2.45, 2.75) is 52.0 Å². The lowest BCUT2D eigenvalue weighted by Gasteiger charge is -2.24. The average molecular weight is 200 g/mol. The smallest absolute Gasteiger partial charge is 0.0583 e. The molecule has 0 fully saturated rings. The second-order valence-electron chi connectivity index (χ2n) is 3.98. The number of hydrogen-bond donors (Lipinski definition) is 1. The topological polar surface area (TPSA) is 35.8 Å². The minimum absolute atomic E-state index is 0.515. The molecule has 0 radical (unpaired) electrons. The van der Waals surface area contributed by atoms with E-state index in [4.69, 9.17) is 5.21 Å². The highest BCUT2D eigenvalue weighted by Crippen LogP contribution is 2.11. The molecular formula is C11H24N2O. The van der Waals surface area contributed by atoms with Crippen LogP contribution in [0.3, 0.4) is 0 Å². The van der Waals surface area contributed by atoms with E-state index >= 15 is 0 Å². The van der Waals surface area contributed by atoms with Gasteiger partial charge in [-0.3, -0.25) is 0 Å². The molecule has 3 nitrogen and oxygen atoms in total. The standard InChI is InChI=1S/C11H24N2O/c1-5-7-8-11(13(3)4)9-10(6-2)12-14/h11,14H,5-9H2,1-4H3/b12-10+. The van der Waals surface area contributed by atoms with Gasteiger partial charge in [-0.25, -0.2) is 0 Å². The number of unbranched alkanes of at least 4 members (excludes halogenated alkanes) is 1. The molecule has 1 atom stereocenters. The largest absolute Gasteiger partial charge is 0.411 e. The van der Waals surface area contributed by atoms with Gasteiger partial charge in [-0.15, -0.1) is 0 Å². The van der Waals surface area contributed by atoms with Gasteiger partial charge in [0.25, 0.3) is 0 Å². The maximum Gasteiger partial charge on any atom is 0.0583 e. The van der Waals surface area contributed by atoms with Gasteiger partial charge in [-0.1, -0.05) is 31.8 Å². The second kappa shape index (κ2) is 7.80. The maximum absolute atomic E-state index is 8.75. The van der Waals surface area contributed by atoms with Gasteiger partial charge in [0.1, 0.15) is 0 Å². The van der Waals surface area contributed by atoms with E-state index in [1.54, 1.807) is 0 Å². The summed E-state index contributed by atoms with van der Waals surface area (Å²) in [6, 6.07) is 0.515. The van der Waals surface area contributed by atoms with E-state index in [9.17, 15) is 0 Å². The molecule has 0 heterocycles. The predicted molar refractivity (Wildman–Crippen MR) is 61.1 cm³/mol. The van der Waals surface area contributed by atoms with E-state index in [-0.39, 0.29) is 0 Å². The zero-order chi connectivity index (χ0) is 11.0. The van der Waals surface area contributed by atoms with E-state index in [2.05, 4.69) is 31.1 Å². The molecule has 0 aromatic rings. The zero-order valence-electron chi connectivity index (χ0n) is 9.95. The first-order valence-corrected chi connectivity index (χ1v) is 5.51. The van der Waals surface area contributed by atoms with Crippen LogP contribution in [0.25, 0.3) is 0 Å². The molecule has 0 aromatic heterocycles. The van der Waals surface area contributed by atoms with Crippen molar-refractivity contribution < 1.29 is 5.21 Å². The van der Waals surface area contributed by atoms with Gasteiger partial charge in [0.2, 0.25) is 0 Å². The highest BCUT2D eigenvalue weighted by Gasteiger charge is 2.13. The van der Waals surface area contributed by atoms with Crippen molar-refractivity contribution in [1.82, 2.24) is 4.90 Å². The summed E-state index contributed by atoms with van der Waals surface area (Å²) in [6.07, 6.45) is 5.38. The molecule has 0 aliphatic carbocycles. The first kappa shape index (κ1) is 13.4. The van der Waals surface area contributed by atoms with Crippen LogP contribution < -0.4 is 0 Å². The summed E-state index contributed by atoms with van der Waals surface area (Å²) in [6.45, 7) is 4.23. The lowest BCUT2D eigenvalue weighted by atomic mass is 10.0. The van der Waals surface area contributed by atoms with E-state index in [1.165, 1.54) is 19.3 Å². The molecule has 1 N–H and O–H groups in total. The third-order valence-corrected chi connectivity index (χ3v) is 2.64. The summed E-state index contributed by atoms with van der Waals surface area (Å²) in [5.74, 6) is 0. The van der Waals surface area contributed by atoms with Crippen LogP contribution in [0.1, 0.15) is 46.0 Å². The highest BCUT2D eigenvalue weighted by molar-refractivity contribution is 5.84. The van der Waals surface area contributed by atoms with Crippen LogP contribution in [0.4, 0.5) is 0 Å². The molecule has 0 aliphatic heterocycles. The Morgan fingerprint density at radius 2 is 2.00 bits per heavy atom. The highest BCUT2D eigenvalue weighted by atomic mass is 16.4. The minimum atomic E-state index is 0.515. The monoisotopic (exact) mass is 200 g/mol. The Hall–Kier alpha value is -0.570. The summed E-state index contributed by atoms with van der Waals surface area (Å²) in [7, 11) is 4.18. The summed E-state index contributed by atoms with van der Waals surface area (Å²) in [4.78, 5) is 2.22. The van der Waals surface area contributed by atoms with Gasteiger partial charge >= 0.3 is 0 Å². The Balaban J connectivity index is 4.07. The van der Waals surface area contributed by atoms with Crippen molar-refractivity contribution in [3.05, 3.63) is 0 Å². The Morgan fingerprint density at radius 1 is 1.36 bits per heavy atom. The molecule has 0 saturated heterocycles. The number of nitrogens with zero attached hydrogens (tertiary/aromatic N) is 2. The molecule has 0 amide bonds. The van der Waals surface area contributed by atoms with Crippen LogP contribution in [0.5, 0.6) is 0 Å². The van der Waals surface area contributed by atoms with E-state index in [0.717, 1.165) is 18.6 Å². The van der Waals surface area contributed by atoms with Gasteiger partial charge in [-0.2, -0.15) is 0 Å². The van der Waals surface area contributed by atoms with Gasteiger partial charge in [-0.05, 0) is 26.9 Å². The van der Waals surface area contributed by atoms with Crippen molar-refractivity contribution in [1.29, 1.82) is 0 Å². The summed E-state index contributed by atoms with van der Waals surface area (Å²) < 4.78 is 0. The van der Waals surface area contributed by atoms with Crippen molar-refractivity contribution in [2.75, 3.05) is 14.1 Å². The second-order valence-corrected chi connectivity index (χ2v) is 3.98. The molecule has 3 heteroatoms. The first-order valence-electron chi connectivity index (χ1n) is 5.51. The molecule has 0 bridgehead atoms. The fraction of sp³-hybridized carbons (Fsp3) is 0.909. The SMILES string of the molecule is CCCCC(C/C(CC)=N/O)N(C)C. The van der Waals surface area contributed by atoms with Crippen LogP contribution in [-0.2, 0) is 0 Å². The zero-order valence-corrected chi connectivity index (χ0v) is 9.95. The average Bonchev–Trinajstić information content (AvgIpc) is 2.18. The molecule has 0 aliphatic rings. The Labute approximate surface area is 87.8 Å². The van der Waals surface area contributed by atoms with Gasteiger partial charge < -0.3 is 10.1 Å². The molecule has 0 spiro atoms. The molecule has 14 heavy (non-hydrogen) atoms. The quantitative estimate of drug-likeness (QED) is 0.389. The van der Waals surface area contributed by atoms with Crippen molar-refractivity contribution in [3.63, 3.8) is 0 Å². The molecule has 1 unspecified atom stereocenters. The normalized spacial score (nSPS) is 14.8. The number of hydrogen-bond acceptors (Lipinski definition) is 3. The Morgan fingerprint density at radius 3 is 2.36 bits per heavy atom. The third kappa shape index (κ3) is 5.22. The number of oxime groups is 1. The van der Waals surface area contributed by atoms with Crippen LogP contribution in [-0.4, -0.2) is 36.0 Å². The lowest BCUT2D eigenvalue weighted by molar-refractivity contribution is 0.272. The predicted octanol–water partition coefficient (Wildman–Crippen LogP) is 2.74. The molecule has 0 saturated carbocycles. The van der Waals surface area contributed by atoms with Crippen molar-refractivity contribution in [3.8, 4) is 0 Å². The number of rotatable bonds is 7. The third-order valence-electron chi connectivity index (χ3n) is 2.64. The van der Waals surface area contributed by atoms with E-state index in [1.807, 2.05) is 6.92 Å². The first-order chi connectivity index (χ1) is 6.65. The lowest BCUT2D eigenvalue weighted by Crippen LogP contribution is -2.30. The van der Waals surface area contributed by atoms with Crippen molar-refractivity contribution in [2.24, 2.45) is 5.16 Å². The van der Waals surface area contributed by atoms with Crippen LogP contribution in [0.2, 0.25) is 0 Å². The van der Waals surface area contributed by atoms with Crippen LogP contribution in [0, 0.1) is 0 Å². The fourth-order valence-electron chi connectivity index (χ4n) is 1.51. The fourth-order valence-corrected chi connectivity index (χ4v) is 1.51. The van der Waals surface area contributed by atoms with Crippen molar-refractivity contribution >= 4 is 5.71 Å². The Bertz CT molecular complexity index is 167. The molecule has 0 rings (SSSR count). The molecule has 84 valence electrons. The summed E-state index contributed by atoms with van der Waals surface area (Å²) in [5, 5.41) is 12.1. The Kier molecular flexibility index (Phi) is 7.48. The van der Waals surface area contributed by atoms with E-state index in [0.29, 0.717) is 6.04 Å². The minimum Gasteiger partial charge on any atom is -0.411 e. The summed E-state index contributed by atoms with van der Waals surface area (Å²) >= 11 is 0. The van der Waals surface area contributed by atoms with Crippen LogP contribution >= 0.6 is 0 Å². The summed E-state index contributed by atoms with van der Waals surface area (Å²) in [5.41, 5.74) is 0.903.